The van der Waals surface area contributed by atoms with E-state index in [1.54, 1.807) is 12.0 Å². The molecule has 1 aliphatic heterocycles. The fraction of sp³-hybridized carbons (Fsp3) is 0.526. The third kappa shape index (κ3) is 6.07. The second-order valence-electron chi connectivity index (χ2n) is 6.43. The molecule has 5 heteroatoms. The molecule has 2 rings (SSSR count). The SMILES string of the molecule is COCCNC(=O)[C@H](C)[NH+]1CC[NH+](C/C=C/c2ccccc2)CC1. The summed E-state index contributed by atoms with van der Waals surface area (Å²) in [5.41, 5.74) is 1.25. The van der Waals surface area contributed by atoms with Crippen LogP contribution in [0.5, 0.6) is 0 Å². The number of ether oxygens (including phenoxy) is 1. The molecule has 1 heterocycles. The number of piperazine rings is 1. The number of hydrogen-bond acceptors (Lipinski definition) is 2. The van der Waals surface area contributed by atoms with E-state index in [-0.39, 0.29) is 11.9 Å². The van der Waals surface area contributed by atoms with Gasteiger partial charge in [0, 0.05) is 13.7 Å². The molecule has 0 saturated carbocycles. The highest BCUT2D eigenvalue weighted by Crippen LogP contribution is 1.99. The quantitative estimate of drug-likeness (QED) is 0.515. The van der Waals surface area contributed by atoms with Crippen molar-refractivity contribution in [2.75, 3.05) is 53.0 Å². The molecule has 1 saturated heterocycles. The van der Waals surface area contributed by atoms with Crippen LogP contribution in [-0.2, 0) is 9.53 Å². The molecule has 1 aliphatic rings. The highest BCUT2D eigenvalue weighted by Gasteiger charge is 2.30. The predicted octanol–water partition coefficient (Wildman–Crippen LogP) is -1.37. The standard InChI is InChI=1S/C19H29N3O2/c1-17(19(23)20-10-16-24-2)22-14-12-21(13-15-22)11-6-9-18-7-4-3-5-8-18/h3-9,17H,10-16H2,1-2H3,(H,20,23)/p+2/b9-6+/t17-/m0/s1. The van der Waals surface area contributed by atoms with Crippen molar-refractivity contribution in [3.63, 3.8) is 0 Å². The number of quaternary nitrogens is 2. The summed E-state index contributed by atoms with van der Waals surface area (Å²) in [6.07, 6.45) is 4.45. The van der Waals surface area contributed by atoms with Gasteiger partial charge in [-0.25, -0.2) is 0 Å². The lowest BCUT2D eigenvalue weighted by atomic mass is 10.2. The lowest BCUT2D eigenvalue weighted by Gasteiger charge is -2.32. The molecular weight excluding hydrogens is 302 g/mol. The average Bonchev–Trinajstić information content (AvgIpc) is 2.63. The van der Waals surface area contributed by atoms with Gasteiger partial charge in [0.25, 0.3) is 5.91 Å². The normalized spacial score (nSPS) is 22.4. The van der Waals surface area contributed by atoms with Crippen LogP contribution in [0.15, 0.2) is 36.4 Å². The Kier molecular flexibility index (Phi) is 7.95. The zero-order valence-corrected chi connectivity index (χ0v) is 14.9. The van der Waals surface area contributed by atoms with E-state index < -0.39 is 0 Å². The van der Waals surface area contributed by atoms with Crippen LogP contribution in [0.25, 0.3) is 6.08 Å². The van der Waals surface area contributed by atoms with E-state index in [0.717, 1.165) is 32.7 Å². The van der Waals surface area contributed by atoms with Crippen LogP contribution in [0, 0.1) is 0 Å². The Bertz CT molecular complexity index is 511. The van der Waals surface area contributed by atoms with Gasteiger partial charge in [-0.2, -0.15) is 0 Å². The van der Waals surface area contributed by atoms with E-state index in [1.165, 1.54) is 10.5 Å². The number of amides is 1. The number of methoxy groups -OCH3 is 1. The van der Waals surface area contributed by atoms with Crippen molar-refractivity contribution in [3.05, 3.63) is 42.0 Å². The number of carbonyl (C=O) groups is 1. The second-order valence-corrected chi connectivity index (χ2v) is 6.43. The summed E-state index contributed by atoms with van der Waals surface area (Å²) in [7, 11) is 1.65. The molecule has 1 aromatic rings. The summed E-state index contributed by atoms with van der Waals surface area (Å²) in [5.74, 6) is 0.134. The second kappa shape index (κ2) is 10.2. The van der Waals surface area contributed by atoms with Crippen molar-refractivity contribution >= 4 is 12.0 Å². The van der Waals surface area contributed by atoms with Crippen molar-refractivity contribution < 1.29 is 19.3 Å². The zero-order chi connectivity index (χ0) is 17.2. The first-order valence-corrected chi connectivity index (χ1v) is 8.87. The molecule has 1 atom stereocenters. The molecule has 1 fully saturated rings. The van der Waals surface area contributed by atoms with Crippen LogP contribution in [-0.4, -0.2) is 64.9 Å². The predicted molar refractivity (Wildman–Crippen MR) is 96.1 cm³/mol. The van der Waals surface area contributed by atoms with Gasteiger partial charge in [-0.15, -0.1) is 0 Å². The van der Waals surface area contributed by atoms with Crippen LogP contribution in [0.2, 0.25) is 0 Å². The largest absolute Gasteiger partial charge is 0.383 e. The minimum atomic E-state index is 0.0169. The minimum absolute atomic E-state index is 0.0169. The van der Waals surface area contributed by atoms with Gasteiger partial charge in [-0.3, -0.25) is 4.79 Å². The minimum Gasteiger partial charge on any atom is -0.383 e. The molecule has 0 aliphatic carbocycles. The summed E-state index contributed by atoms with van der Waals surface area (Å²) < 4.78 is 4.97. The zero-order valence-electron chi connectivity index (χ0n) is 14.9. The molecule has 5 nitrogen and oxygen atoms in total. The molecule has 132 valence electrons. The summed E-state index contributed by atoms with van der Waals surface area (Å²) in [5, 5.41) is 2.94. The summed E-state index contributed by atoms with van der Waals surface area (Å²) in [6.45, 7) is 8.57. The third-order valence-electron chi connectivity index (χ3n) is 4.73. The van der Waals surface area contributed by atoms with Crippen LogP contribution in [0.1, 0.15) is 12.5 Å². The van der Waals surface area contributed by atoms with Gasteiger partial charge in [0.1, 0.15) is 26.2 Å². The third-order valence-corrected chi connectivity index (χ3v) is 4.73. The van der Waals surface area contributed by atoms with Gasteiger partial charge in [0.2, 0.25) is 0 Å². The van der Waals surface area contributed by atoms with Crippen LogP contribution < -0.4 is 15.1 Å². The Morgan fingerprint density at radius 3 is 2.62 bits per heavy atom. The highest BCUT2D eigenvalue weighted by atomic mass is 16.5. The Hall–Kier alpha value is -1.69. The fourth-order valence-electron chi connectivity index (χ4n) is 3.10. The first kappa shape index (κ1) is 18.6. The number of rotatable bonds is 8. The average molecular weight is 333 g/mol. The van der Waals surface area contributed by atoms with Gasteiger partial charge < -0.3 is 19.9 Å². The summed E-state index contributed by atoms with van der Waals surface area (Å²) in [4.78, 5) is 15.1. The van der Waals surface area contributed by atoms with Crippen molar-refractivity contribution in [1.29, 1.82) is 0 Å². The van der Waals surface area contributed by atoms with Crippen LogP contribution >= 0.6 is 0 Å². The number of benzene rings is 1. The topological polar surface area (TPSA) is 47.2 Å². The Morgan fingerprint density at radius 2 is 1.96 bits per heavy atom. The van der Waals surface area contributed by atoms with E-state index in [9.17, 15) is 4.79 Å². The van der Waals surface area contributed by atoms with E-state index >= 15 is 0 Å². The molecule has 0 spiro atoms. The molecule has 3 N–H and O–H groups in total. The van der Waals surface area contributed by atoms with E-state index in [1.807, 2.05) is 13.0 Å². The summed E-state index contributed by atoms with van der Waals surface area (Å²) in [6, 6.07) is 10.4. The molecule has 1 amide bonds. The molecule has 24 heavy (non-hydrogen) atoms. The number of hydrogen-bond donors (Lipinski definition) is 3. The highest BCUT2D eigenvalue weighted by molar-refractivity contribution is 5.79. The molecule has 0 aromatic heterocycles. The molecule has 0 radical (unpaired) electrons. The molecular formula is C19H31N3O2+2. The maximum absolute atomic E-state index is 12.1. The first-order chi connectivity index (χ1) is 11.7. The van der Waals surface area contributed by atoms with Gasteiger partial charge in [-0.1, -0.05) is 36.4 Å². The molecule has 0 bridgehead atoms. The smallest absolute Gasteiger partial charge is 0.278 e. The van der Waals surface area contributed by atoms with Crippen molar-refractivity contribution in [2.24, 2.45) is 0 Å². The Labute approximate surface area is 145 Å². The van der Waals surface area contributed by atoms with Gasteiger partial charge in [0.15, 0.2) is 6.04 Å². The van der Waals surface area contributed by atoms with Crippen molar-refractivity contribution in [3.8, 4) is 0 Å². The summed E-state index contributed by atoms with van der Waals surface area (Å²) >= 11 is 0. The maximum atomic E-state index is 12.1. The fourth-order valence-corrected chi connectivity index (χ4v) is 3.10. The van der Waals surface area contributed by atoms with E-state index in [0.29, 0.717) is 13.2 Å². The van der Waals surface area contributed by atoms with Crippen LogP contribution in [0.3, 0.4) is 0 Å². The number of carbonyl (C=O) groups excluding carboxylic acids is 1. The monoisotopic (exact) mass is 333 g/mol. The van der Waals surface area contributed by atoms with Crippen LogP contribution in [0.4, 0.5) is 0 Å². The first-order valence-electron chi connectivity index (χ1n) is 8.87. The maximum Gasteiger partial charge on any atom is 0.278 e. The van der Waals surface area contributed by atoms with Gasteiger partial charge in [0.05, 0.1) is 13.2 Å². The number of nitrogens with one attached hydrogen (secondary N) is 3. The van der Waals surface area contributed by atoms with E-state index in [4.69, 9.17) is 4.74 Å². The van der Waals surface area contributed by atoms with Crippen molar-refractivity contribution in [1.82, 2.24) is 5.32 Å². The van der Waals surface area contributed by atoms with Gasteiger partial charge in [-0.05, 0) is 18.6 Å². The Balaban J connectivity index is 1.69. The Morgan fingerprint density at radius 1 is 1.25 bits per heavy atom. The van der Waals surface area contributed by atoms with Gasteiger partial charge >= 0.3 is 0 Å². The lowest BCUT2D eigenvalue weighted by Crippen LogP contribution is -3.30. The molecule has 1 aromatic carbocycles. The van der Waals surface area contributed by atoms with E-state index in [2.05, 4.69) is 41.7 Å². The lowest BCUT2D eigenvalue weighted by molar-refractivity contribution is -1.02. The van der Waals surface area contributed by atoms with Crippen molar-refractivity contribution in [2.45, 2.75) is 13.0 Å². The molecule has 0 unspecified atom stereocenters.